The molecule has 3 atom stereocenters. The third-order valence-corrected chi connectivity index (χ3v) is 5.50. The molecule has 14 heteroatoms. The number of aromatic nitrogens is 2. The van der Waals surface area contributed by atoms with Gasteiger partial charge in [-0.25, -0.2) is 4.79 Å². The molecule has 0 radical (unpaired) electrons. The summed E-state index contributed by atoms with van der Waals surface area (Å²) in [6.07, 6.45) is -0.237. The molecule has 3 rings (SSSR count). The maximum absolute atomic E-state index is 12.5. The first-order valence-corrected chi connectivity index (χ1v) is 12.9. The second-order valence-electron chi connectivity index (χ2n) is 7.02. The zero-order valence-corrected chi connectivity index (χ0v) is 18.7. The molecular formula is C18H21N3O9S2. The van der Waals surface area contributed by atoms with E-state index in [-0.39, 0.29) is 12.2 Å². The average Bonchev–Trinajstić information content (AvgIpc) is 3.07. The van der Waals surface area contributed by atoms with Crippen molar-refractivity contribution in [3.8, 4) is 0 Å². The summed E-state index contributed by atoms with van der Waals surface area (Å²) in [5, 5.41) is 2.51. The summed E-state index contributed by atoms with van der Waals surface area (Å²) in [6, 6.07) is 9.71. The summed E-state index contributed by atoms with van der Waals surface area (Å²) in [5.41, 5.74) is -0.393. The van der Waals surface area contributed by atoms with Gasteiger partial charge in [-0.3, -0.25) is 17.7 Å². The Labute approximate surface area is 184 Å². The molecule has 0 unspecified atom stereocenters. The lowest BCUT2D eigenvalue weighted by Gasteiger charge is -2.17. The molecule has 0 bridgehead atoms. The monoisotopic (exact) mass is 487 g/mol. The van der Waals surface area contributed by atoms with Crippen molar-refractivity contribution < 1.29 is 34.7 Å². The van der Waals surface area contributed by atoms with Gasteiger partial charge >= 0.3 is 5.69 Å². The fraction of sp³-hybridized carbons (Fsp3) is 0.389. The van der Waals surface area contributed by atoms with Crippen LogP contribution in [0.4, 0.5) is 5.82 Å². The number of nitrogens with one attached hydrogen (secondary N) is 1. The van der Waals surface area contributed by atoms with Crippen LogP contribution in [0.5, 0.6) is 0 Å². The predicted molar refractivity (Wildman–Crippen MR) is 112 cm³/mol. The molecule has 1 saturated heterocycles. The standard InChI is InChI=1S/C18H21N3O9S2/c1-31(24,25)28-11-14-13(30-32(2,26)27)10-16(29-14)21-9-8-15(20-18(21)23)19-17(22)12-6-4-3-5-7-12/h3-9,13-14,16H,10-11H2,1-2H3,(H,19,20,22,23)/t13-,14+,16-/m1/s1. The summed E-state index contributed by atoms with van der Waals surface area (Å²) in [6.45, 7) is -0.497. The summed E-state index contributed by atoms with van der Waals surface area (Å²) in [4.78, 5) is 28.5. The van der Waals surface area contributed by atoms with Gasteiger partial charge in [0.1, 0.15) is 24.3 Å². The Morgan fingerprint density at radius 1 is 1.16 bits per heavy atom. The van der Waals surface area contributed by atoms with E-state index in [1.165, 1.54) is 12.3 Å². The molecule has 0 saturated carbocycles. The highest BCUT2D eigenvalue weighted by atomic mass is 32.2. The molecule has 1 fully saturated rings. The van der Waals surface area contributed by atoms with Gasteiger partial charge in [0.2, 0.25) is 0 Å². The van der Waals surface area contributed by atoms with Crippen LogP contribution in [0.25, 0.3) is 0 Å². The first-order chi connectivity index (χ1) is 14.9. The van der Waals surface area contributed by atoms with Gasteiger partial charge in [0.25, 0.3) is 26.1 Å². The predicted octanol–water partition coefficient (Wildman–Crippen LogP) is 0.104. The van der Waals surface area contributed by atoms with Crippen molar-refractivity contribution in [3.05, 3.63) is 58.6 Å². The van der Waals surface area contributed by atoms with E-state index in [4.69, 9.17) is 13.1 Å². The average molecular weight is 488 g/mol. The second-order valence-corrected chi connectivity index (χ2v) is 10.3. The van der Waals surface area contributed by atoms with Crippen molar-refractivity contribution in [2.24, 2.45) is 0 Å². The van der Waals surface area contributed by atoms with E-state index in [1.807, 2.05) is 0 Å². The lowest BCUT2D eigenvalue weighted by atomic mass is 10.2. The van der Waals surface area contributed by atoms with E-state index in [1.54, 1.807) is 30.3 Å². The summed E-state index contributed by atoms with van der Waals surface area (Å²) < 4.78 is 62.0. The number of rotatable bonds is 8. The SMILES string of the molecule is CS(=O)(=O)OC[C@@H]1O[C@@H](n2ccc(NC(=O)c3ccccc3)nc2=O)C[C@H]1OS(C)(=O)=O. The van der Waals surface area contributed by atoms with Crippen LogP contribution in [0, 0.1) is 0 Å². The molecule has 1 aliphatic rings. The normalized spacial score (nSPS) is 21.4. The van der Waals surface area contributed by atoms with E-state index in [0.29, 0.717) is 5.56 Å². The van der Waals surface area contributed by atoms with Crippen molar-refractivity contribution in [2.45, 2.75) is 24.9 Å². The number of ether oxygens (including phenoxy) is 1. The number of carbonyl (C=O) groups excluding carboxylic acids is 1. The summed E-state index contributed by atoms with van der Waals surface area (Å²) >= 11 is 0. The van der Waals surface area contributed by atoms with E-state index in [9.17, 15) is 26.4 Å². The van der Waals surface area contributed by atoms with Crippen LogP contribution in [0.3, 0.4) is 0 Å². The number of amides is 1. The molecule has 32 heavy (non-hydrogen) atoms. The molecule has 1 aliphatic heterocycles. The first-order valence-electron chi connectivity index (χ1n) is 9.25. The number of hydrogen-bond acceptors (Lipinski definition) is 10. The molecular weight excluding hydrogens is 466 g/mol. The van der Waals surface area contributed by atoms with E-state index >= 15 is 0 Å². The van der Waals surface area contributed by atoms with E-state index < -0.39 is 56.9 Å². The van der Waals surface area contributed by atoms with Crippen LogP contribution < -0.4 is 11.0 Å². The zero-order chi connectivity index (χ0) is 23.5. The summed E-state index contributed by atoms with van der Waals surface area (Å²) in [5.74, 6) is -0.439. The van der Waals surface area contributed by atoms with Gasteiger partial charge in [0.05, 0.1) is 19.1 Å². The minimum Gasteiger partial charge on any atom is -0.349 e. The molecule has 0 spiro atoms. The van der Waals surface area contributed by atoms with Gasteiger partial charge in [-0.1, -0.05) is 18.2 Å². The van der Waals surface area contributed by atoms with E-state index in [2.05, 4.69) is 10.3 Å². The molecule has 1 aromatic carbocycles. The summed E-state index contributed by atoms with van der Waals surface area (Å²) in [7, 11) is -7.71. The minimum atomic E-state index is -3.89. The van der Waals surface area contributed by atoms with Crippen molar-refractivity contribution in [2.75, 3.05) is 24.4 Å². The lowest BCUT2D eigenvalue weighted by Crippen LogP contribution is -2.31. The van der Waals surface area contributed by atoms with Crippen molar-refractivity contribution in [3.63, 3.8) is 0 Å². The Morgan fingerprint density at radius 2 is 1.84 bits per heavy atom. The molecule has 2 aromatic rings. The van der Waals surface area contributed by atoms with Crippen LogP contribution in [0.2, 0.25) is 0 Å². The lowest BCUT2D eigenvalue weighted by molar-refractivity contribution is -0.0351. The van der Waals surface area contributed by atoms with Crippen LogP contribution in [-0.2, 0) is 33.3 Å². The number of nitrogens with zero attached hydrogens (tertiary/aromatic N) is 2. The molecule has 174 valence electrons. The fourth-order valence-corrected chi connectivity index (χ4v) is 4.05. The van der Waals surface area contributed by atoms with Crippen LogP contribution in [0.15, 0.2) is 47.4 Å². The molecule has 2 heterocycles. The van der Waals surface area contributed by atoms with Gasteiger partial charge in [-0.2, -0.15) is 21.8 Å². The highest BCUT2D eigenvalue weighted by Gasteiger charge is 2.40. The molecule has 1 aromatic heterocycles. The topological polar surface area (TPSA) is 160 Å². The van der Waals surface area contributed by atoms with Crippen molar-refractivity contribution >= 4 is 32.0 Å². The Hall–Kier alpha value is -2.65. The second kappa shape index (κ2) is 9.46. The smallest absolute Gasteiger partial charge is 0.349 e. The fourth-order valence-electron chi connectivity index (χ4n) is 3.02. The third kappa shape index (κ3) is 6.67. The van der Waals surface area contributed by atoms with Crippen LogP contribution in [0.1, 0.15) is 23.0 Å². The Morgan fingerprint density at radius 3 is 2.44 bits per heavy atom. The first kappa shape index (κ1) is 24.0. The maximum Gasteiger partial charge on any atom is 0.351 e. The molecule has 1 N–H and O–H groups in total. The third-order valence-electron chi connectivity index (χ3n) is 4.34. The highest BCUT2D eigenvalue weighted by molar-refractivity contribution is 7.86. The van der Waals surface area contributed by atoms with Gasteiger partial charge in [0, 0.05) is 18.2 Å². The minimum absolute atomic E-state index is 0.0130. The van der Waals surface area contributed by atoms with E-state index in [0.717, 1.165) is 17.1 Å². The Bertz CT molecular complexity index is 1240. The van der Waals surface area contributed by atoms with Crippen LogP contribution >= 0.6 is 0 Å². The van der Waals surface area contributed by atoms with Crippen molar-refractivity contribution in [1.82, 2.24) is 9.55 Å². The van der Waals surface area contributed by atoms with Crippen LogP contribution in [-0.4, -0.2) is 63.6 Å². The largest absolute Gasteiger partial charge is 0.351 e. The van der Waals surface area contributed by atoms with Gasteiger partial charge in [-0.05, 0) is 18.2 Å². The number of carbonyl (C=O) groups is 1. The Balaban J connectivity index is 1.76. The highest BCUT2D eigenvalue weighted by Crippen LogP contribution is 2.31. The van der Waals surface area contributed by atoms with Gasteiger partial charge in [0.15, 0.2) is 0 Å². The quantitative estimate of drug-likeness (QED) is 0.506. The zero-order valence-electron chi connectivity index (χ0n) is 17.1. The number of anilines is 1. The van der Waals surface area contributed by atoms with Crippen molar-refractivity contribution in [1.29, 1.82) is 0 Å². The molecule has 0 aliphatic carbocycles. The van der Waals surface area contributed by atoms with Gasteiger partial charge < -0.3 is 10.1 Å². The van der Waals surface area contributed by atoms with Gasteiger partial charge in [-0.15, -0.1) is 0 Å². The molecule has 12 nitrogen and oxygen atoms in total. The number of hydrogen-bond donors (Lipinski definition) is 1. The Kier molecular flexibility index (Phi) is 7.09. The molecule has 1 amide bonds. The number of benzene rings is 1. The maximum atomic E-state index is 12.5.